The first kappa shape index (κ1) is 5.73. The first-order chi connectivity index (χ1) is 3.67. The second-order valence-electron chi connectivity index (χ2n) is 2.10. The molecule has 0 aromatic rings. The maximum absolute atomic E-state index is 11.9. The maximum atomic E-state index is 11.9. The van der Waals surface area contributed by atoms with E-state index in [4.69, 9.17) is 0 Å². The highest BCUT2D eigenvalue weighted by Crippen LogP contribution is 2.49. The monoisotopic (exact) mass is 118 g/mol. The van der Waals surface area contributed by atoms with Gasteiger partial charge in [-0.05, 0) is 6.92 Å². The standard InChI is InChI=1S/C6H8F2/c1-2-3-5-4-6(5,7)8/h2-3,5H,4H2,1H3/b3-2-. The van der Waals surface area contributed by atoms with Crippen molar-refractivity contribution in [1.82, 2.24) is 0 Å². The Bertz CT molecular complexity index is 116. The molecule has 0 nitrogen and oxygen atoms in total. The van der Waals surface area contributed by atoms with Crippen molar-refractivity contribution < 1.29 is 8.78 Å². The van der Waals surface area contributed by atoms with Gasteiger partial charge in [0.05, 0.1) is 0 Å². The molecular weight excluding hydrogens is 110 g/mol. The van der Waals surface area contributed by atoms with E-state index >= 15 is 0 Å². The summed E-state index contributed by atoms with van der Waals surface area (Å²) in [5.41, 5.74) is 0. The summed E-state index contributed by atoms with van der Waals surface area (Å²) in [6.45, 7) is 1.76. The highest BCUT2D eigenvalue weighted by atomic mass is 19.3. The second kappa shape index (κ2) is 1.54. The molecule has 0 aromatic heterocycles. The van der Waals surface area contributed by atoms with Gasteiger partial charge in [-0.2, -0.15) is 0 Å². The molecule has 8 heavy (non-hydrogen) atoms. The molecule has 0 saturated heterocycles. The molecular formula is C6H8F2. The summed E-state index contributed by atoms with van der Waals surface area (Å²) in [6, 6.07) is 0. The molecule has 0 aliphatic heterocycles. The van der Waals surface area contributed by atoms with Crippen LogP contribution in [0, 0.1) is 5.92 Å². The number of alkyl halides is 2. The van der Waals surface area contributed by atoms with Gasteiger partial charge >= 0.3 is 0 Å². The lowest BCUT2D eigenvalue weighted by atomic mass is 10.4. The number of rotatable bonds is 1. The lowest BCUT2D eigenvalue weighted by Crippen LogP contribution is -1.88. The lowest BCUT2D eigenvalue weighted by Gasteiger charge is -1.85. The fourth-order valence-corrected chi connectivity index (χ4v) is 0.675. The molecule has 0 N–H and O–H groups in total. The normalized spacial score (nSPS) is 33.6. The van der Waals surface area contributed by atoms with Crippen LogP contribution >= 0.6 is 0 Å². The molecule has 0 aromatic carbocycles. The largest absolute Gasteiger partial charge is 0.255 e. The second-order valence-corrected chi connectivity index (χ2v) is 2.10. The zero-order valence-electron chi connectivity index (χ0n) is 4.70. The predicted molar refractivity (Wildman–Crippen MR) is 27.9 cm³/mol. The number of hydrogen-bond acceptors (Lipinski definition) is 0. The quantitative estimate of drug-likeness (QED) is 0.463. The number of allylic oxidation sites excluding steroid dienone is 2. The van der Waals surface area contributed by atoms with E-state index < -0.39 is 11.8 Å². The molecule has 0 heterocycles. The summed E-state index contributed by atoms with van der Waals surface area (Å²) in [5, 5.41) is 0. The van der Waals surface area contributed by atoms with Crippen molar-refractivity contribution in [2.75, 3.05) is 0 Å². The summed E-state index contributed by atoms with van der Waals surface area (Å²) in [4.78, 5) is 0. The summed E-state index contributed by atoms with van der Waals surface area (Å²) in [5.74, 6) is -2.82. The summed E-state index contributed by atoms with van der Waals surface area (Å²) in [7, 11) is 0. The van der Waals surface area contributed by atoms with Gasteiger partial charge in [0.15, 0.2) is 0 Å². The van der Waals surface area contributed by atoms with Crippen LogP contribution in [0.15, 0.2) is 12.2 Å². The van der Waals surface area contributed by atoms with Gasteiger partial charge in [-0.25, -0.2) is 8.78 Å². The Labute approximate surface area is 47.2 Å². The molecule has 46 valence electrons. The van der Waals surface area contributed by atoms with Crippen LogP contribution in [0.4, 0.5) is 8.78 Å². The smallest absolute Gasteiger partial charge is 0.206 e. The Morgan fingerprint density at radius 3 is 2.25 bits per heavy atom. The van der Waals surface area contributed by atoms with Crippen LogP contribution in [0.5, 0.6) is 0 Å². The third-order valence-corrected chi connectivity index (χ3v) is 1.30. The van der Waals surface area contributed by atoms with Crippen LogP contribution in [0.3, 0.4) is 0 Å². The third-order valence-electron chi connectivity index (χ3n) is 1.30. The van der Waals surface area contributed by atoms with Crippen molar-refractivity contribution in [3.05, 3.63) is 12.2 Å². The van der Waals surface area contributed by atoms with Crippen molar-refractivity contribution in [1.29, 1.82) is 0 Å². The zero-order chi connectivity index (χ0) is 6.20. The molecule has 1 unspecified atom stereocenters. The SMILES string of the molecule is C/C=C\C1CC1(F)F. The molecule has 0 amide bonds. The predicted octanol–water partition coefficient (Wildman–Crippen LogP) is 2.22. The molecule has 1 atom stereocenters. The van der Waals surface area contributed by atoms with E-state index in [0.717, 1.165) is 0 Å². The van der Waals surface area contributed by atoms with Gasteiger partial charge in [-0.1, -0.05) is 12.2 Å². The van der Waals surface area contributed by atoms with E-state index in [-0.39, 0.29) is 6.42 Å². The van der Waals surface area contributed by atoms with Gasteiger partial charge < -0.3 is 0 Å². The Balaban J connectivity index is 2.37. The molecule has 1 fully saturated rings. The molecule has 0 spiro atoms. The minimum atomic E-state index is -2.37. The lowest BCUT2D eigenvalue weighted by molar-refractivity contribution is 0.107. The topological polar surface area (TPSA) is 0 Å². The van der Waals surface area contributed by atoms with Crippen LogP contribution in [0.1, 0.15) is 13.3 Å². The fourth-order valence-electron chi connectivity index (χ4n) is 0.675. The highest BCUT2D eigenvalue weighted by Gasteiger charge is 2.54. The number of halogens is 2. The van der Waals surface area contributed by atoms with Crippen molar-refractivity contribution >= 4 is 0 Å². The summed E-state index contributed by atoms with van der Waals surface area (Å²) in [6.07, 6.45) is 3.28. The van der Waals surface area contributed by atoms with E-state index in [1.807, 2.05) is 0 Å². The van der Waals surface area contributed by atoms with Gasteiger partial charge in [0.1, 0.15) is 0 Å². The van der Waals surface area contributed by atoms with Gasteiger partial charge in [-0.15, -0.1) is 0 Å². The van der Waals surface area contributed by atoms with Gasteiger partial charge in [0.25, 0.3) is 5.92 Å². The minimum Gasteiger partial charge on any atom is -0.206 e. The molecule has 1 aliphatic rings. The average molecular weight is 118 g/mol. The first-order valence-corrected chi connectivity index (χ1v) is 2.67. The van der Waals surface area contributed by atoms with Crippen molar-refractivity contribution in [3.8, 4) is 0 Å². The van der Waals surface area contributed by atoms with Gasteiger partial charge in [0, 0.05) is 12.3 Å². The van der Waals surface area contributed by atoms with Crippen LogP contribution in [-0.4, -0.2) is 5.92 Å². The average Bonchev–Trinajstić information content (AvgIpc) is 2.15. The minimum absolute atomic E-state index is 0.0529. The molecule has 2 heteroatoms. The third kappa shape index (κ3) is 0.881. The Hall–Kier alpha value is -0.400. The Kier molecular flexibility index (Phi) is 1.10. The van der Waals surface area contributed by atoms with Crippen molar-refractivity contribution in [2.45, 2.75) is 19.3 Å². The van der Waals surface area contributed by atoms with Crippen LogP contribution in [-0.2, 0) is 0 Å². The number of hydrogen-bond donors (Lipinski definition) is 0. The molecule has 0 bridgehead atoms. The molecule has 1 aliphatic carbocycles. The van der Waals surface area contributed by atoms with E-state index in [9.17, 15) is 8.78 Å². The maximum Gasteiger partial charge on any atom is 0.255 e. The summed E-state index contributed by atoms with van der Waals surface area (Å²) >= 11 is 0. The molecule has 1 rings (SSSR count). The van der Waals surface area contributed by atoms with Crippen molar-refractivity contribution in [3.63, 3.8) is 0 Å². The van der Waals surface area contributed by atoms with Gasteiger partial charge in [-0.3, -0.25) is 0 Å². The van der Waals surface area contributed by atoms with E-state index in [2.05, 4.69) is 0 Å². The van der Waals surface area contributed by atoms with Crippen molar-refractivity contribution in [2.24, 2.45) is 5.92 Å². The van der Waals surface area contributed by atoms with E-state index in [1.165, 1.54) is 0 Å². The molecule has 0 radical (unpaired) electrons. The van der Waals surface area contributed by atoms with E-state index in [0.29, 0.717) is 0 Å². The van der Waals surface area contributed by atoms with E-state index in [1.54, 1.807) is 19.1 Å². The van der Waals surface area contributed by atoms with Crippen LogP contribution in [0.2, 0.25) is 0 Å². The zero-order valence-corrected chi connectivity index (χ0v) is 4.70. The fraction of sp³-hybridized carbons (Fsp3) is 0.667. The summed E-state index contributed by atoms with van der Waals surface area (Å²) < 4.78 is 23.9. The Morgan fingerprint density at radius 1 is 1.62 bits per heavy atom. The van der Waals surface area contributed by atoms with Crippen LogP contribution < -0.4 is 0 Å². The van der Waals surface area contributed by atoms with Gasteiger partial charge in [0.2, 0.25) is 0 Å². The first-order valence-electron chi connectivity index (χ1n) is 2.67. The van der Waals surface area contributed by atoms with Crippen LogP contribution in [0.25, 0.3) is 0 Å². The Morgan fingerprint density at radius 2 is 2.12 bits per heavy atom. The molecule has 1 saturated carbocycles. The highest BCUT2D eigenvalue weighted by molar-refractivity contribution is 5.07.